The molecule has 0 saturated carbocycles. The largest absolute Gasteiger partial charge is 0.464 e. The lowest BCUT2D eigenvalue weighted by Crippen LogP contribution is -2.42. The monoisotopic (exact) mass is 448 g/mol. The first-order valence-corrected chi connectivity index (χ1v) is 11.7. The Labute approximate surface area is 178 Å². The number of H-pyrrole nitrogens is 2. The molecule has 12 nitrogen and oxygen atoms in total. The van der Waals surface area contributed by atoms with E-state index in [2.05, 4.69) is 35.6 Å². The lowest BCUT2D eigenvalue weighted by Gasteiger charge is -2.30. The van der Waals surface area contributed by atoms with Crippen LogP contribution in [0.3, 0.4) is 0 Å². The molecule has 0 spiro atoms. The average Bonchev–Trinajstić information content (AvgIpc) is 3.07. The Morgan fingerprint density at radius 1 is 1.13 bits per heavy atom. The van der Waals surface area contributed by atoms with Crippen molar-refractivity contribution in [1.82, 2.24) is 29.2 Å². The van der Waals surface area contributed by atoms with E-state index in [1.165, 1.54) is 10.6 Å². The molecule has 0 bridgehead atoms. The van der Waals surface area contributed by atoms with E-state index in [-0.39, 0.29) is 23.7 Å². The van der Waals surface area contributed by atoms with Crippen molar-refractivity contribution in [3.63, 3.8) is 0 Å². The van der Waals surface area contributed by atoms with Crippen LogP contribution in [0.15, 0.2) is 23.0 Å². The van der Waals surface area contributed by atoms with E-state index >= 15 is 0 Å². The zero-order valence-corrected chi connectivity index (χ0v) is 18.0. The number of ether oxygens (including phenoxy) is 1. The summed E-state index contributed by atoms with van der Waals surface area (Å²) in [5.41, 5.74) is 1.76. The van der Waals surface area contributed by atoms with E-state index in [0.29, 0.717) is 55.2 Å². The van der Waals surface area contributed by atoms with Gasteiger partial charge < -0.3 is 25.3 Å². The molecule has 2 aromatic heterocycles. The highest BCUT2D eigenvalue weighted by molar-refractivity contribution is 7.88. The minimum atomic E-state index is -3.18. The molecule has 4 N–H and O–H groups in total. The standard InChI is InChI=1S/C18H24N8O4S/c1-3-30-18-24-15(19-11-6-8-26(9-7-11)31(2,28)29)23-16(25-18)20-12-4-5-13-14(10-12)22-17(27)21-13/h4-5,10-11H,3,6-9H2,1-2H3,(H2,21,22,27)(H2,19,20,23,24,25). The Kier molecular flexibility index (Phi) is 5.78. The summed E-state index contributed by atoms with van der Waals surface area (Å²) in [5, 5.41) is 6.36. The number of nitrogens with zero attached hydrogens (tertiary/aromatic N) is 4. The van der Waals surface area contributed by atoms with Gasteiger partial charge in [-0.3, -0.25) is 0 Å². The lowest BCUT2D eigenvalue weighted by atomic mass is 10.1. The van der Waals surface area contributed by atoms with Crippen LogP contribution in [0.1, 0.15) is 19.8 Å². The van der Waals surface area contributed by atoms with Gasteiger partial charge in [-0.25, -0.2) is 17.5 Å². The smallest absolute Gasteiger partial charge is 0.323 e. The highest BCUT2D eigenvalue weighted by Crippen LogP contribution is 2.21. The quantitative estimate of drug-likeness (QED) is 0.414. The van der Waals surface area contributed by atoms with Crippen molar-refractivity contribution in [1.29, 1.82) is 0 Å². The zero-order valence-electron chi connectivity index (χ0n) is 17.2. The number of benzene rings is 1. The van der Waals surface area contributed by atoms with E-state index in [4.69, 9.17) is 4.74 Å². The molecule has 1 fully saturated rings. The van der Waals surface area contributed by atoms with E-state index in [1.807, 2.05) is 6.92 Å². The highest BCUT2D eigenvalue weighted by Gasteiger charge is 2.25. The Morgan fingerprint density at radius 2 is 1.84 bits per heavy atom. The summed E-state index contributed by atoms with van der Waals surface area (Å²) in [6.07, 6.45) is 2.51. The summed E-state index contributed by atoms with van der Waals surface area (Å²) in [6.45, 7) is 3.12. The van der Waals surface area contributed by atoms with Gasteiger partial charge in [0.1, 0.15) is 0 Å². The molecule has 3 heterocycles. The second kappa shape index (κ2) is 8.51. The Hall–Kier alpha value is -3.19. The number of aromatic nitrogens is 5. The van der Waals surface area contributed by atoms with Gasteiger partial charge in [0.15, 0.2) is 0 Å². The molecule has 0 aliphatic carbocycles. The van der Waals surface area contributed by atoms with Crippen LogP contribution in [0, 0.1) is 0 Å². The number of piperidine rings is 1. The first-order chi connectivity index (χ1) is 14.8. The normalized spacial score (nSPS) is 15.8. The molecule has 1 aliphatic rings. The third-order valence-electron chi connectivity index (χ3n) is 4.92. The molecule has 1 aliphatic heterocycles. The number of sulfonamides is 1. The predicted octanol–water partition coefficient (Wildman–Crippen LogP) is 1.02. The summed E-state index contributed by atoms with van der Waals surface area (Å²) in [4.78, 5) is 29.9. The second-order valence-corrected chi connectivity index (χ2v) is 9.23. The first-order valence-electron chi connectivity index (χ1n) is 9.90. The maximum atomic E-state index is 11.7. The van der Waals surface area contributed by atoms with Crippen LogP contribution in [0.25, 0.3) is 11.0 Å². The van der Waals surface area contributed by atoms with Gasteiger partial charge in [-0.05, 0) is 38.0 Å². The van der Waals surface area contributed by atoms with Crippen LogP contribution < -0.4 is 21.1 Å². The number of aromatic amines is 2. The van der Waals surface area contributed by atoms with Gasteiger partial charge >= 0.3 is 11.7 Å². The third kappa shape index (κ3) is 5.11. The maximum absolute atomic E-state index is 11.7. The lowest BCUT2D eigenvalue weighted by molar-refractivity contribution is 0.311. The highest BCUT2D eigenvalue weighted by atomic mass is 32.2. The minimum Gasteiger partial charge on any atom is -0.464 e. The molecular formula is C18H24N8O4S. The number of hydrogen-bond acceptors (Lipinski definition) is 9. The summed E-state index contributed by atoms with van der Waals surface area (Å²) < 4.78 is 30.3. The van der Waals surface area contributed by atoms with Crippen LogP contribution >= 0.6 is 0 Å². The van der Waals surface area contributed by atoms with Crippen LogP contribution in [0.5, 0.6) is 6.01 Å². The Morgan fingerprint density at radius 3 is 2.55 bits per heavy atom. The van der Waals surface area contributed by atoms with Crippen LogP contribution in [0.2, 0.25) is 0 Å². The molecule has 4 rings (SSSR count). The van der Waals surface area contributed by atoms with Gasteiger partial charge in [-0.1, -0.05) is 0 Å². The number of fused-ring (bicyclic) bond motifs is 1. The third-order valence-corrected chi connectivity index (χ3v) is 6.22. The molecule has 166 valence electrons. The number of anilines is 3. The molecule has 0 radical (unpaired) electrons. The molecule has 13 heteroatoms. The molecule has 0 atom stereocenters. The fourth-order valence-electron chi connectivity index (χ4n) is 3.42. The number of imidazole rings is 1. The molecule has 3 aromatic rings. The molecule has 0 unspecified atom stereocenters. The van der Waals surface area contributed by atoms with Crippen molar-refractivity contribution >= 4 is 38.6 Å². The topological polar surface area (TPSA) is 158 Å². The molecular weight excluding hydrogens is 424 g/mol. The zero-order chi connectivity index (χ0) is 22.0. The van der Waals surface area contributed by atoms with E-state index < -0.39 is 10.0 Å². The maximum Gasteiger partial charge on any atom is 0.323 e. The van der Waals surface area contributed by atoms with Crippen molar-refractivity contribution in [2.24, 2.45) is 0 Å². The van der Waals surface area contributed by atoms with Crippen LogP contribution in [0.4, 0.5) is 17.6 Å². The fourth-order valence-corrected chi connectivity index (χ4v) is 4.30. The molecule has 31 heavy (non-hydrogen) atoms. The van der Waals surface area contributed by atoms with Gasteiger partial charge in [0.2, 0.25) is 21.9 Å². The fraction of sp³-hybridized carbons (Fsp3) is 0.444. The van der Waals surface area contributed by atoms with Gasteiger partial charge in [0.25, 0.3) is 0 Å². The Balaban J connectivity index is 1.51. The Bertz CT molecular complexity index is 1230. The van der Waals surface area contributed by atoms with Crippen molar-refractivity contribution in [2.45, 2.75) is 25.8 Å². The van der Waals surface area contributed by atoms with E-state index in [0.717, 1.165) is 0 Å². The van der Waals surface area contributed by atoms with Gasteiger partial charge in [0.05, 0.1) is 23.9 Å². The number of rotatable bonds is 7. The van der Waals surface area contributed by atoms with Crippen molar-refractivity contribution in [3.8, 4) is 6.01 Å². The van der Waals surface area contributed by atoms with E-state index in [9.17, 15) is 13.2 Å². The molecule has 0 amide bonds. The summed E-state index contributed by atoms with van der Waals surface area (Å²) in [6, 6.07) is 5.54. The number of hydrogen-bond donors (Lipinski definition) is 4. The summed E-state index contributed by atoms with van der Waals surface area (Å²) in [5.74, 6) is 0.627. The van der Waals surface area contributed by atoms with Crippen molar-refractivity contribution in [2.75, 3.05) is 36.6 Å². The predicted molar refractivity (Wildman–Crippen MR) is 116 cm³/mol. The van der Waals surface area contributed by atoms with Gasteiger partial charge in [0, 0.05) is 24.8 Å². The van der Waals surface area contributed by atoms with Crippen LogP contribution in [-0.2, 0) is 10.0 Å². The van der Waals surface area contributed by atoms with Crippen LogP contribution in [-0.4, -0.2) is 69.6 Å². The van der Waals surface area contributed by atoms with Crippen molar-refractivity contribution in [3.05, 3.63) is 28.7 Å². The first kappa shape index (κ1) is 21.1. The second-order valence-electron chi connectivity index (χ2n) is 7.24. The van der Waals surface area contributed by atoms with E-state index in [1.54, 1.807) is 18.2 Å². The molecule has 1 saturated heterocycles. The summed E-state index contributed by atoms with van der Waals surface area (Å²) >= 11 is 0. The van der Waals surface area contributed by atoms with Gasteiger partial charge in [-0.15, -0.1) is 0 Å². The number of nitrogens with one attached hydrogen (secondary N) is 4. The summed E-state index contributed by atoms with van der Waals surface area (Å²) in [7, 11) is -3.18. The molecule has 1 aromatic carbocycles. The minimum absolute atomic E-state index is 0.0315. The average molecular weight is 449 g/mol. The van der Waals surface area contributed by atoms with Gasteiger partial charge in [-0.2, -0.15) is 15.0 Å². The SMILES string of the molecule is CCOc1nc(Nc2ccc3[nH]c(=O)[nH]c3c2)nc(NC2CCN(S(C)(=O)=O)CC2)n1. The van der Waals surface area contributed by atoms with Crippen molar-refractivity contribution < 1.29 is 13.2 Å².